The molecule has 9 heteroatoms. The molecule has 144 valence electrons. The minimum atomic E-state index is -3.12. The third-order valence-electron chi connectivity index (χ3n) is 3.57. The third kappa shape index (κ3) is 9.62. The molecule has 0 spiro atoms. The summed E-state index contributed by atoms with van der Waals surface area (Å²) in [6, 6.07) is 7.77. The first-order valence-corrected chi connectivity index (χ1v) is 10.2. The fourth-order valence-electron chi connectivity index (χ4n) is 2.26. The summed E-state index contributed by atoms with van der Waals surface area (Å²) in [6.07, 6.45) is 2.75. The van der Waals surface area contributed by atoms with Gasteiger partial charge in [0.15, 0.2) is 5.96 Å². The van der Waals surface area contributed by atoms with Crippen molar-refractivity contribution in [1.82, 2.24) is 14.9 Å². The summed E-state index contributed by atoms with van der Waals surface area (Å²) in [5.41, 5.74) is 1.09. The third-order valence-corrected chi connectivity index (χ3v) is 5.31. The number of benzene rings is 1. The van der Waals surface area contributed by atoms with Gasteiger partial charge < -0.3 is 10.6 Å². The number of sulfonamides is 1. The van der Waals surface area contributed by atoms with E-state index in [1.54, 1.807) is 7.05 Å². The SMILES string of the molecule is CCN(CCCNC(=NC)NCCc1ccccc1Cl)S(C)(=O)=O.I. The Morgan fingerprint density at radius 2 is 1.88 bits per heavy atom. The Morgan fingerprint density at radius 3 is 2.44 bits per heavy atom. The first-order chi connectivity index (χ1) is 11.4. The highest BCUT2D eigenvalue weighted by atomic mass is 127. The van der Waals surface area contributed by atoms with Crippen LogP contribution in [0.3, 0.4) is 0 Å². The molecule has 1 aromatic rings. The van der Waals surface area contributed by atoms with Gasteiger partial charge in [0.25, 0.3) is 0 Å². The number of hydrogen-bond acceptors (Lipinski definition) is 3. The molecule has 0 saturated heterocycles. The molecule has 0 aliphatic rings. The van der Waals surface area contributed by atoms with Crippen LogP contribution in [0.25, 0.3) is 0 Å². The van der Waals surface area contributed by atoms with Crippen LogP contribution < -0.4 is 10.6 Å². The zero-order valence-corrected chi connectivity index (χ0v) is 18.9. The van der Waals surface area contributed by atoms with Crippen molar-refractivity contribution < 1.29 is 8.42 Å². The van der Waals surface area contributed by atoms with E-state index in [9.17, 15) is 8.42 Å². The lowest BCUT2D eigenvalue weighted by Gasteiger charge is -2.18. The van der Waals surface area contributed by atoms with Gasteiger partial charge in [0.2, 0.25) is 10.0 Å². The van der Waals surface area contributed by atoms with Crippen LogP contribution in [0.15, 0.2) is 29.3 Å². The number of nitrogens with zero attached hydrogens (tertiary/aromatic N) is 2. The van der Waals surface area contributed by atoms with Crippen molar-refractivity contribution in [2.45, 2.75) is 19.8 Å². The molecule has 6 nitrogen and oxygen atoms in total. The van der Waals surface area contributed by atoms with Gasteiger partial charge in [-0.25, -0.2) is 12.7 Å². The second-order valence-corrected chi connectivity index (χ2v) is 7.77. The molecule has 25 heavy (non-hydrogen) atoms. The first kappa shape index (κ1) is 24.4. The monoisotopic (exact) mass is 502 g/mol. The van der Waals surface area contributed by atoms with Crippen molar-refractivity contribution in [1.29, 1.82) is 0 Å². The average molecular weight is 503 g/mol. The van der Waals surface area contributed by atoms with Crippen LogP contribution >= 0.6 is 35.6 Å². The molecular weight excluding hydrogens is 475 g/mol. The largest absolute Gasteiger partial charge is 0.356 e. The lowest BCUT2D eigenvalue weighted by atomic mass is 10.1. The van der Waals surface area contributed by atoms with Crippen LogP contribution in [0.4, 0.5) is 0 Å². The molecule has 1 aromatic carbocycles. The van der Waals surface area contributed by atoms with E-state index < -0.39 is 10.0 Å². The van der Waals surface area contributed by atoms with E-state index in [2.05, 4.69) is 15.6 Å². The van der Waals surface area contributed by atoms with Gasteiger partial charge in [-0.3, -0.25) is 4.99 Å². The summed E-state index contributed by atoms with van der Waals surface area (Å²) in [6.45, 7) is 4.19. The van der Waals surface area contributed by atoms with E-state index in [1.165, 1.54) is 10.6 Å². The normalized spacial score (nSPS) is 12.0. The van der Waals surface area contributed by atoms with Gasteiger partial charge in [-0.15, -0.1) is 24.0 Å². The molecule has 0 unspecified atom stereocenters. The number of nitrogens with one attached hydrogen (secondary N) is 2. The Kier molecular flexibility index (Phi) is 12.4. The summed E-state index contributed by atoms with van der Waals surface area (Å²) in [5.74, 6) is 0.699. The second kappa shape index (κ2) is 12.7. The van der Waals surface area contributed by atoms with Gasteiger partial charge in [-0.05, 0) is 24.5 Å². The molecule has 0 aliphatic heterocycles. The number of guanidine groups is 1. The van der Waals surface area contributed by atoms with E-state index in [0.29, 0.717) is 38.6 Å². The van der Waals surface area contributed by atoms with Crippen molar-refractivity contribution in [3.05, 3.63) is 34.9 Å². The van der Waals surface area contributed by atoms with Crippen LogP contribution in [-0.2, 0) is 16.4 Å². The highest BCUT2D eigenvalue weighted by Gasteiger charge is 2.13. The van der Waals surface area contributed by atoms with E-state index in [4.69, 9.17) is 11.6 Å². The van der Waals surface area contributed by atoms with Crippen molar-refractivity contribution in [2.24, 2.45) is 4.99 Å². The lowest BCUT2D eigenvalue weighted by molar-refractivity contribution is 0.424. The van der Waals surface area contributed by atoms with Crippen LogP contribution in [-0.4, -0.2) is 58.2 Å². The summed E-state index contributed by atoms with van der Waals surface area (Å²) in [5, 5.41) is 7.18. The standard InChI is InChI=1S/C16H27ClN4O2S.HI/c1-4-21(24(3,22)23)13-7-11-19-16(18-2)20-12-10-14-8-5-6-9-15(14)17;/h5-6,8-9H,4,7,10-13H2,1-3H3,(H2,18,19,20);1H. The predicted molar refractivity (Wildman–Crippen MR) is 117 cm³/mol. The smallest absolute Gasteiger partial charge is 0.211 e. The zero-order valence-electron chi connectivity index (χ0n) is 15.0. The summed E-state index contributed by atoms with van der Waals surface area (Å²) < 4.78 is 24.5. The molecule has 1 rings (SSSR count). The topological polar surface area (TPSA) is 73.8 Å². The van der Waals surface area contributed by atoms with Crippen molar-refractivity contribution in [2.75, 3.05) is 39.5 Å². The van der Waals surface area contributed by atoms with E-state index in [0.717, 1.165) is 17.0 Å². The van der Waals surface area contributed by atoms with Gasteiger partial charge in [0.05, 0.1) is 6.26 Å². The quantitative estimate of drug-likeness (QED) is 0.235. The summed E-state index contributed by atoms with van der Waals surface area (Å²) in [4.78, 5) is 4.16. The Bertz CT molecular complexity index is 641. The van der Waals surface area contributed by atoms with Gasteiger partial charge in [0, 0.05) is 38.2 Å². The van der Waals surface area contributed by atoms with E-state index in [1.807, 2.05) is 31.2 Å². The van der Waals surface area contributed by atoms with Crippen LogP contribution in [0.1, 0.15) is 18.9 Å². The number of halogens is 2. The Balaban J connectivity index is 0.00000576. The van der Waals surface area contributed by atoms with Gasteiger partial charge in [0.1, 0.15) is 0 Å². The lowest BCUT2D eigenvalue weighted by Crippen LogP contribution is -2.40. The maximum Gasteiger partial charge on any atom is 0.211 e. The molecule has 0 aliphatic carbocycles. The molecule has 0 atom stereocenters. The highest BCUT2D eigenvalue weighted by molar-refractivity contribution is 14.0. The molecule has 0 aromatic heterocycles. The van der Waals surface area contributed by atoms with Gasteiger partial charge in [-0.1, -0.05) is 36.7 Å². The second-order valence-electron chi connectivity index (χ2n) is 5.38. The number of rotatable bonds is 9. The number of aliphatic imine (C=N–C) groups is 1. The zero-order chi connectivity index (χ0) is 18.0. The van der Waals surface area contributed by atoms with Crippen molar-refractivity contribution in [3.8, 4) is 0 Å². The molecular formula is C16H28ClIN4O2S. The molecule has 0 amide bonds. The molecule has 0 heterocycles. The highest BCUT2D eigenvalue weighted by Crippen LogP contribution is 2.14. The minimum absolute atomic E-state index is 0. The average Bonchev–Trinajstić information content (AvgIpc) is 2.53. The Labute approximate surface area is 173 Å². The molecule has 0 radical (unpaired) electrons. The van der Waals surface area contributed by atoms with Crippen LogP contribution in [0, 0.1) is 0 Å². The maximum absolute atomic E-state index is 11.5. The first-order valence-electron chi connectivity index (χ1n) is 8.01. The van der Waals surface area contributed by atoms with Crippen LogP contribution in [0.5, 0.6) is 0 Å². The minimum Gasteiger partial charge on any atom is -0.356 e. The van der Waals surface area contributed by atoms with Crippen molar-refractivity contribution >= 4 is 51.6 Å². The van der Waals surface area contributed by atoms with E-state index in [-0.39, 0.29) is 24.0 Å². The van der Waals surface area contributed by atoms with Crippen molar-refractivity contribution in [3.63, 3.8) is 0 Å². The maximum atomic E-state index is 11.5. The van der Waals surface area contributed by atoms with E-state index >= 15 is 0 Å². The van der Waals surface area contributed by atoms with Gasteiger partial charge >= 0.3 is 0 Å². The molecule has 0 saturated carbocycles. The molecule has 0 fully saturated rings. The Hall–Kier alpha value is -0.580. The fraction of sp³-hybridized carbons (Fsp3) is 0.562. The molecule has 0 bridgehead atoms. The predicted octanol–water partition coefficient (Wildman–Crippen LogP) is 2.34. The summed E-state index contributed by atoms with van der Waals surface area (Å²) in [7, 11) is -1.41. The van der Waals surface area contributed by atoms with Crippen LogP contribution in [0.2, 0.25) is 5.02 Å². The summed E-state index contributed by atoms with van der Waals surface area (Å²) >= 11 is 6.13. The molecule has 2 N–H and O–H groups in total. The van der Waals surface area contributed by atoms with Gasteiger partial charge in [-0.2, -0.15) is 0 Å². The Morgan fingerprint density at radius 1 is 1.24 bits per heavy atom. The number of hydrogen-bond donors (Lipinski definition) is 2. The fourth-order valence-corrected chi connectivity index (χ4v) is 3.42.